The molecule has 0 bridgehead atoms. The van der Waals surface area contributed by atoms with Gasteiger partial charge in [-0.15, -0.1) is 13.2 Å². The second kappa shape index (κ2) is 14.6. The van der Waals surface area contributed by atoms with Crippen molar-refractivity contribution in [3.05, 3.63) is 25.3 Å². The molecule has 0 aromatic carbocycles. The monoisotopic (exact) mass is 278 g/mol. The van der Waals surface area contributed by atoms with Gasteiger partial charge >= 0.3 is 88.7 Å². The van der Waals surface area contributed by atoms with Crippen molar-refractivity contribution >= 4 is 28.0 Å². The fourth-order valence-electron chi connectivity index (χ4n) is 0.523. The van der Waals surface area contributed by atoms with E-state index < -0.39 is 15.8 Å². The molecule has 0 aliphatic rings. The molecule has 14 heavy (non-hydrogen) atoms. The Hall–Kier alpha value is 3.53. The van der Waals surface area contributed by atoms with Gasteiger partial charge in [0.15, 0.2) is 0 Å². The molecule has 0 aliphatic carbocycles. The largest absolute Gasteiger partial charge is 1.00 e. The van der Waals surface area contributed by atoms with E-state index in [2.05, 4.69) is 25.4 Å². The first kappa shape index (κ1) is 26.2. The summed E-state index contributed by atoms with van der Waals surface area (Å²) in [7, 11) is -0.763. The molecule has 0 rings (SSSR count). The third kappa shape index (κ3) is 13.6. The predicted octanol–water partition coefficient (Wildman–Crippen LogP) is -9.07. The van der Waals surface area contributed by atoms with Gasteiger partial charge in [0.25, 0.3) is 0 Å². The van der Waals surface area contributed by atoms with Crippen LogP contribution in [0.5, 0.6) is 0 Å². The average Bonchev–Trinajstić information content (AvgIpc) is 1.85. The number of hydrogen-bond donors (Lipinski definition) is 0. The zero-order valence-electron chi connectivity index (χ0n) is 9.06. The average molecular weight is 278 g/mol. The Balaban J connectivity index is -0.000000167. The third-order valence-corrected chi connectivity index (χ3v) is 7.50. The maximum Gasteiger partial charge on any atom is 1.00 e. The van der Waals surface area contributed by atoms with Crippen LogP contribution in [0, 0.1) is 0 Å². The van der Waals surface area contributed by atoms with Crippen LogP contribution in [0.1, 0.15) is 0 Å². The van der Waals surface area contributed by atoms with Gasteiger partial charge < -0.3 is 27.7 Å². The first-order valence-corrected chi connectivity index (χ1v) is 7.75. The molecule has 0 heterocycles. The molecular weight excluding hydrogens is 268 g/mol. The molecule has 0 amide bonds. The summed E-state index contributed by atoms with van der Waals surface area (Å²) in [4.78, 5) is 21.7. The van der Waals surface area contributed by atoms with E-state index in [1.54, 1.807) is 12.2 Å². The molecule has 0 saturated heterocycles. The van der Waals surface area contributed by atoms with E-state index in [1.165, 1.54) is 0 Å². The SMILES string of the molecule is C=CCS(CC=C)=P([O-])([O-])[S-].[Na+].[Na+].[Na+]. The molecule has 0 atom stereocenters. The van der Waals surface area contributed by atoms with E-state index in [0.717, 1.165) is 0 Å². The van der Waals surface area contributed by atoms with Crippen LogP contribution in [0.4, 0.5) is 0 Å². The van der Waals surface area contributed by atoms with Crippen LogP contribution in [0.3, 0.4) is 0 Å². The summed E-state index contributed by atoms with van der Waals surface area (Å²) in [5.41, 5.74) is -3.59. The van der Waals surface area contributed by atoms with Gasteiger partial charge in [-0.05, 0) is 0 Å². The van der Waals surface area contributed by atoms with Crippen LogP contribution in [-0.4, -0.2) is 11.5 Å². The zero-order chi connectivity index (χ0) is 8.91. The van der Waals surface area contributed by atoms with Crippen LogP contribution in [0.25, 0.3) is 0 Å². The summed E-state index contributed by atoms with van der Waals surface area (Å²) < 4.78 is 0. The van der Waals surface area contributed by atoms with Gasteiger partial charge in [0.1, 0.15) is 0 Å². The van der Waals surface area contributed by atoms with E-state index in [-0.39, 0.29) is 88.7 Å². The van der Waals surface area contributed by atoms with Crippen molar-refractivity contribution in [1.82, 2.24) is 0 Å². The van der Waals surface area contributed by atoms with Gasteiger partial charge in [-0.25, -0.2) is 10.1 Å². The summed E-state index contributed by atoms with van der Waals surface area (Å²) in [6.45, 7) is 6.93. The van der Waals surface area contributed by atoms with Gasteiger partial charge in [-0.2, -0.15) is 0 Å². The van der Waals surface area contributed by atoms with Crippen LogP contribution < -0.4 is 98.5 Å². The molecule has 8 heteroatoms. The summed E-state index contributed by atoms with van der Waals surface area (Å²) in [6.07, 6.45) is 3.15. The second-order valence-electron chi connectivity index (χ2n) is 1.82. The quantitative estimate of drug-likeness (QED) is 0.222. The van der Waals surface area contributed by atoms with Gasteiger partial charge in [0, 0.05) is 11.5 Å². The number of rotatable bonds is 4. The molecular formula is C6H10Na3O2PS2. The fraction of sp³-hybridized carbons (Fsp3) is 0.333. The molecule has 0 aliphatic heterocycles. The molecule has 0 N–H and O–H groups in total. The van der Waals surface area contributed by atoms with Crippen LogP contribution in [0.2, 0.25) is 0 Å². The minimum Gasteiger partial charge on any atom is -0.854 e. The van der Waals surface area contributed by atoms with E-state index in [0.29, 0.717) is 11.5 Å². The first-order valence-electron chi connectivity index (χ1n) is 2.94. The van der Waals surface area contributed by atoms with Gasteiger partial charge in [-0.1, -0.05) is 12.2 Å². The molecule has 0 aromatic rings. The summed E-state index contributed by atoms with van der Waals surface area (Å²) in [5, 5.41) is 0. The summed E-state index contributed by atoms with van der Waals surface area (Å²) in [5.74, 6) is 0.882. The van der Waals surface area contributed by atoms with Crippen molar-refractivity contribution in [1.29, 1.82) is 0 Å². The van der Waals surface area contributed by atoms with Gasteiger partial charge in [0.2, 0.25) is 0 Å². The molecule has 0 saturated carbocycles. The Bertz CT molecular complexity index is 197. The van der Waals surface area contributed by atoms with E-state index in [9.17, 15) is 9.79 Å². The zero-order valence-corrected chi connectivity index (χ0v) is 17.6. The van der Waals surface area contributed by atoms with Crippen molar-refractivity contribution in [3.63, 3.8) is 0 Å². The Kier molecular flexibility index (Phi) is 27.3. The van der Waals surface area contributed by atoms with E-state index in [1.807, 2.05) is 0 Å². The minimum atomic E-state index is -3.59. The van der Waals surface area contributed by atoms with Gasteiger partial charge in [-0.3, -0.25) is 0 Å². The summed E-state index contributed by atoms with van der Waals surface area (Å²) >= 11 is 4.35. The first-order chi connectivity index (χ1) is 5.02. The van der Waals surface area contributed by atoms with Crippen molar-refractivity contribution < 1.29 is 98.5 Å². The Morgan fingerprint density at radius 2 is 1.36 bits per heavy atom. The fourth-order valence-corrected chi connectivity index (χ4v) is 4.39. The topological polar surface area (TPSA) is 46.1 Å². The smallest absolute Gasteiger partial charge is 0.854 e. The molecule has 2 nitrogen and oxygen atoms in total. The third-order valence-electron chi connectivity index (χ3n) is 0.937. The molecule has 0 fully saturated rings. The maximum atomic E-state index is 10.9. The van der Waals surface area contributed by atoms with E-state index >= 15 is 0 Å². The van der Waals surface area contributed by atoms with Crippen molar-refractivity contribution in [2.24, 2.45) is 0 Å². The van der Waals surface area contributed by atoms with E-state index in [4.69, 9.17) is 0 Å². The van der Waals surface area contributed by atoms with Crippen molar-refractivity contribution in [3.8, 4) is 0 Å². The Morgan fingerprint density at radius 3 is 1.50 bits per heavy atom. The summed E-state index contributed by atoms with van der Waals surface area (Å²) in [6, 6.07) is 0. The molecule has 0 radical (unpaired) electrons. The standard InChI is InChI=1S/C6H10O2PS2.3Na/c1-3-5-11(6-4-2)9(7,8)10;;;/h3-4H,1-2,5-6H2;;;/q-3;3*+1. The predicted molar refractivity (Wildman–Crippen MR) is 51.8 cm³/mol. The normalized spacial score (nSPS) is 9.14. The maximum absolute atomic E-state index is 10.9. The van der Waals surface area contributed by atoms with Crippen LogP contribution >= 0.6 is 5.69 Å². The molecule has 66 valence electrons. The number of hydrogen-bond acceptors (Lipinski definition) is 3. The minimum absolute atomic E-state index is 0. The second-order valence-corrected chi connectivity index (χ2v) is 9.43. The molecule has 0 aromatic heterocycles. The Labute approximate surface area is 160 Å². The molecule has 0 spiro atoms. The molecule has 0 unspecified atom stereocenters. The van der Waals surface area contributed by atoms with Crippen molar-refractivity contribution in [2.75, 3.05) is 11.5 Å². The van der Waals surface area contributed by atoms with Gasteiger partial charge in [0.05, 0.1) is 0 Å². The van der Waals surface area contributed by atoms with Crippen LogP contribution in [-0.2, 0) is 22.3 Å². The van der Waals surface area contributed by atoms with Crippen molar-refractivity contribution in [2.45, 2.75) is 0 Å². The van der Waals surface area contributed by atoms with Crippen LogP contribution in [0.15, 0.2) is 25.3 Å². The Morgan fingerprint density at radius 1 is 1.07 bits per heavy atom.